The van der Waals surface area contributed by atoms with E-state index in [2.05, 4.69) is 17.1 Å². The van der Waals surface area contributed by atoms with Crippen LogP contribution in [0.15, 0.2) is 11.3 Å². The van der Waals surface area contributed by atoms with Crippen molar-refractivity contribution in [2.75, 3.05) is 6.54 Å². The Morgan fingerprint density at radius 3 is 2.95 bits per heavy atom. The number of carbonyl (C=O) groups excluding carboxylic acids is 1. The summed E-state index contributed by atoms with van der Waals surface area (Å²) in [7, 11) is 0. The van der Waals surface area contributed by atoms with Gasteiger partial charge in [0.15, 0.2) is 0 Å². The molecule has 1 amide bonds. The zero-order valence-corrected chi connectivity index (χ0v) is 11.6. The molecule has 3 nitrogen and oxygen atoms in total. The molecule has 0 aromatic carbocycles. The molecule has 5 bridgehead atoms. The molecular weight excluding hydrogens is 236 g/mol. The molecule has 3 fully saturated rings. The summed E-state index contributed by atoms with van der Waals surface area (Å²) in [6.45, 7) is 3.70. The van der Waals surface area contributed by atoms with Crippen molar-refractivity contribution in [3.8, 4) is 0 Å². The Labute approximate surface area is 114 Å². The minimum atomic E-state index is 0.257. The molecular formula is C16H22N2O. The lowest BCUT2D eigenvalue weighted by molar-refractivity contribution is -0.121. The molecule has 0 spiro atoms. The molecule has 0 aromatic rings. The summed E-state index contributed by atoms with van der Waals surface area (Å²) in [5, 5.41) is 3.27. The van der Waals surface area contributed by atoms with Crippen molar-refractivity contribution in [1.29, 1.82) is 0 Å². The molecule has 1 N–H and O–H groups in total. The second-order valence-corrected chi connectivity index (χ2v) is 7.53. The van der Waals surface area contributed by atoms with Gasteiger partial charge >= 0.3 is 0 Å². The van der Waals surface area contributed by atoms with Gasteiger partial charge in [0.25, 0.3) is 0 Å². The first-order valence-electron chi connectivity index (χ1n) is 8.01. The Morgan fingerprint density at radius 1 is 1.16 bits per heavy atom. The molecule has 1 aliphatic carbocycles. The summed E-state index contributed by atoms with van der Waals surface area (Å²) < 4.78 is 0. The van der Waals surface area contributed by atoms with Crippen molar-refractivity contribution in [3.05, 3.63) is 11.3 Å². The van der Waals surface area contributed by atoms with Crippen molar-refractivity contribution in [1.82, 2.24) is 10.2 Å². The zero-order chi connectivity index (χ0) is 12.7. The first-order valence-corrected chi connectivity index (χ1v) is 8.01. The number of hydrogen-bond donors (Lipinski definition) is 1. The lowest BCUT2D eigenvalue weighted by Gasteiger charge is -2.46. The van der Waals surface area contributed by atoms with Gasteiger partial charge in [-0.1, -0.05) is 6.92 Å². The van der Waals surface area contributed by atoms with Gasteiger partial charge in [-0.15, -0.1) is 0 Å². The van der Waals surface area contributed by atoms with Gasteiger partial charge in [0.05, 0.1) is 6.04 Å². The number of nitrogens with one attached hydrogen (secondary N) is 1. The molecule has 0 radical (unpaired) electrons. The van der Waals surface area contributed by atoms with Gasteiger partial charge in [-0.05, 0) is 54.9 Å². The van der Waals surface area contributed by atoms with Crippen LogP contribution in [-0.2, 0) is 4.79 Å². The smallest absolute Gasteiger partial charge is 0.224 e. The van der Waals surface area contributed by atoms with E-state index in [-0.39, 0.29) is 5.91 Å². The van der Waals surface area contributed by atoms with Crippen LogP contribution in [0, 0.1) is 23.7 Å². The third-order valence-corrected chi connectivity index (χ3v) is 6.57. The van der Waals surface area contributed by atoms with Crippen LogP contribution in [0.2, 0.25) is 0 Å². The summed E-state index contributed by atoms with van der Waals surface area (Å²) >= 11 is 0. The predicted molar refractivity (Wildman–Crippen MR) is 72.2 cm³/mol. The lowest BCUT2D eigenvalue weighted by Crippen LogP contribution is -2.53. The van der Waals surface area contributed by atoms with Gasteiger partial charge in [0.2, 0.25) is 5.91 Å². The number of piperidine rings is 1. The maximum Gasteiger partial charge on any atom is 0.224 e. The van der Waals surface area contributed by atoms with Gasteiger partial charge in [0.1, 0.15) is 0 Å². The van der Waals surface area contributed by atoms with Gasteiger partial charge in [0, 0.05) is 24.7 Å². The Hall–Kier alpha value is -0.830. The highest BCUT2D eigenvalue weighted by Gasteiger charge is 2.60. The molecule has 0 aromatic heterocycles. The van der Waals surface area contributed by atoms with E-state index in [9.17, 15) is 4.79 Å². The molecule has 7 atom stereocenters. The second kappa shape index (κ2) is 3.43. The molecule has 3 heteroatoms. The lowest BCUT2D eigenvalue weighted by atomic mass is 9.70. The molecule has 1 unspecified atom stereocenters. The molecule has 19 heavy (non-hydrogen) atoms. The maximum atomic E-state index is 11.8. The molecule has 4 heterocycles. The standard InChI is InChI=1S/C16H22N2O/c1-8-4-12-11-6-9-7-18(13(11)5-8)16(12)15-10(9)2-3-14(19)17-15/h8-9,11-13,16H,2-7H2,1H3,(H,17,19)/t8-,9-,11-,12-,13+,16-/m1/s1. The summed E-state index contributed by atoms with van der Waals surface area (Å²) in [5.41, 5.74) is 2.98. The topological polar surface area (TPSA) is 32.3 Å². The Kier molecular flexibility index (Phi) is 1.97. The van der Waals surface area contributed by atoms with Crippen molar-refractivity contribution in [2.24, 2.45) is 23.7 Å². The van der Waals surface area contributed by atoms with Crippen LogP contribution >= 0.6 is 0 Å². The van der Waals surface area contributed by atoms with Gasteiger partial charge in [-0.25, -0.2) is 0 Å². The highest BCUT2D eigenvalue weighted by atomic mass is 16.1. The average Bonchev–Trinajstić information content (AvgIpc) is 2.56. The van der Waals surface area contributed by atoms with Crippen LogP contribution in [0.1, 0.15) is 39.0 Å². The number of fused-ring (bicyclic) bond motifs is 4. The van der Waals surface area contributed by atoms with Crippen molar-refractivity contribution < 1.29 is 4.79 Å². The maximum absolute atomic E-state index is 11.8. The SMILES string of the molecule is C[C@@H]1C[C@@H]2[C@H]3C[C@@H]4CN([C@H]3C1)[C@H]2C1=C4CCC(=O)N1. The number of rotatable bonds is 0. The Balaban J connectivity index is 1.64. The van der Waals surface area contributed by atoms with Crippen molar-refractivity contribution >= 4 is 5.91 Å². The van der Waals surface area contributed by atoms with Crippen LogP contribution in [0.3, 0.4) is 0 Å². The molecule has 1 saturated carbocycles. The highest BCUT2D eigenvalue weighted by molar-refractivity contribution is 5.80. The number of nitrogens with zero attached hydrogens (tertiary/aromatic N) is 1. The fourth-order valence-corrected chi connectivity index (χ4v) is 6.04. The van der Waals surface area contributed by atoms with Gasteiger partial charge in [-0.2, -0.15) is 0 Å². The van der Waals surface area contributed by atoms with E-state index in [4.69, 9.17) is 0 Å². The first kappa shape index (κ1) is 10.9. The number of carbonyl (C=O) groups is 1. The highest BCUT2D eigenvalue weighted by Crippen LogP contribution is 2.58. The Bertz CT molecular complexity index is 497. The van der Waals surface area contributed by atoms with Gasteiger partial charge in [-0.3, -0.25) is 9.69 Å². The van der Waals surface area contributed by atoms with Gasteiger partial charge < -0.3 is 5.32 Å². The normalized spacial score (nSPS) is 54.2. The average molecular weight is 258 g/mol. The third-order valence-electron chi connectivity index (χ3n) is 6.57. The van der Waals surface area contributed by atoms with E-state index in [1.54, 1.807) is 5.57 Å². The summed E-state index contributed by atoms with van der Waals surface area (Å²) in [5.74, 6) is 3.63. The summed E-state index contributed by atoms with van der Waals surface area (Å²) in [4.78, 5) is 14.6. The van der Waals surface area contributed by atoms with E-state index in [0.717, 1.165) is 42.6 Å². The number of amides is 1. The van der Waals surface area contributed by atoms with Crippen LogP contribution in [0.5, 0.6) is 0 Å². The minimum absolute atomic E-state index is 0.257. The first-order chi connectivity index (χ1) is 9.22. The zero-order valence-electron chi connectivity index (χ0n) is 11.6. The third kappa shape index (κ3) is 1.25. The van der Waals surface area contributed by atoms with E-state index in [1.165, 1.54) is 31.5 Å². The molecule has 5 rings (SSSR count). The van der Waals surface area contributed by atoms with E-state index < -0.39 is 0 Å². The largest absolute Gasteiger partial charge is 0.328 e. The van der Waals surface area contributed by atoms with Crippen LogP contribution in [0.25, 0.3) is 0 Å². The molecule has 102 valence electrons. The minimum Gasteiger partial charge on any atom is -0.328 e. The molecule has 4 aliphatic heterocycles. The Morgan fingerprint density at radius 2 is 2.05 bits per heavy atom. The number of hydrogen-bond acceptors (Lipinski definition) is 2. The second-order valence-electron chi connectivity index (χ2n) is 7.53. The van der Waals surface area contributed by atoms with Crippen molar-refractivity contribution in [3.63, 3.8) is 0 Å². The fourth-order valence-electron chi connectivity index (χ4n) is 6.04. The summed E-state index contributed by atoms with van der Waals surface area (Å²) in [6.07, 6.45) is 5.93. The van der Waals surface area contributed by atoms with E-state index >= 15 is 0 Å². The van der Waals surface area contributed by atoms with Crippen molar-refractivity contribution in [2.45, 2.75) is 51.1 Å². The predicted octanol–water partition coefficient (Wildman–Crippen LogP) is 1.90. The quantitative estimate of drug-likeness (QED) is 0.720. The van der Waals surface area contributed by atoms with E-state index in [0.29, 0.717) is 6.04 Å². The monoisotopic (exact) mass is 258 g/mol. The van der Waals surface area contributed by atoms with Crippen LogP contribution in [0.4, 0.5) is 0 Å². The molecule has 5 aliphatic rings. The van der Waals surface area contributed by atoms with E-state index in [1.807, 2.05) is 0 Å². The molecule has 2 saturated heterocycles. The fraction of sp³-hybridized carbons (Fsp3) is 0.812. The van der Waals surface area contributed by atoms with Crippen LogP contribution in [-0.4, -0.2) is 29.4 Å². The van der Waals surface area contributed by atoms with Crippen LogP contribution < -0.4 is 5.32 Å². The summed E-state index contributed by atoms with van der Waals surface area (Å²) in [6, 6.07) is 1.39.